The number of hydrogen-bond acceptors (Lipinski definition) is 5. The van der Waals surface area contributed by atoms with Crippen molar-refractivity contribution in [2.45, 2.75) is 25.6 Å². The van der Waals surface area contributed by atoms with E-state index in [-0.39, 0.29) is 18.8 Å². The minimum absolute atomic E-state index is 0.0250. The third-order valence-electron chi connectivity index (χ3n) is 4.01. The van der Waals surface area contributed by atoms with E-state index in [9.17, 15) is 27.9 Å². The maximum Gasteiger partial charge on any atom is 0.471 e. The van der Waals surface area contributed by atoms with Crippen molar-refractivity contribution < 1.29 is 37.3 Å². The Morgan fingerprint density at radius 3 is 2.03 bits per heavy atom. The summed E-state index contributed by atoms with van der Waals surface area (Å²) in [5.41, 5.74) is 0.517. The number of alkyl halides is 3. The van der Waals surface area contributed by atoms with Crippen LogP contribution in [0.5, 0.6) is 17.2 Å². The standard InChI is InChI=1S/C20H20F3NO5/c1-3-28-18(26)17(24(2)19(27)20(21,22)23)12-13-4-8-15(9-5-13)29-16-10-6-14(25)7-11-16/h4-11,17,25H,3,12H2,1-2H3/t17-/m0/s1. The number of benzene rings is 2. The molecule has 1 atom stereocenters. The van der Waals surface area contributed by atoms with Crippen molar-refractivity contribution in [1.29, 1.82) is 0 Å². The van der Waals surface area contributed by atoms with E-state index in [1.807, 2.05) is 0 Å². The van der Waals surface area contributed by atoms with Crippen LogP contribution in [0.2, 0.25) is 0 Å². The molecule has 0 spiro atoms. The van der Waals surface area contributed by atoms with Crippen molar-refractivity contribution in [3.05, 3.63) is 54.1 Å². The number of nitrogens with zero attached hydrogens (tertiary/aromatic N) is 1. The summed E-state index contributed by atoms with van der Waals surface area (Å²) in [6, 6.07) is 10.9. The Kier molecular flexibility index (Phi) is 7.08. The molecular weight excluding hydrogens is 391 g/mol. The molecule has 0 aliphatic heterocycles. The summed E-state index contributed by atoms with van der Waals surface area (Å²) in [6.07, 6.45) is -5.25. The first-order valence-electron chi connectivity index (χ1n) is 8.68. The van der Waals surface area contributed by atoms with E-state index in [1.165, 1.54) is 19.1 Å². The molecule has 0 aromatic heterocycles. The van der Waals surface area contributed by atoms with Crippen molar-refractivity contribution in [2.24, 2.45) is 0 Å². The molecule has 0 heterocycles. The van der Waals surface area contributed by atoms with Gasteiger partial charge >= 0.3 is 18.1 Å². The number of carbonyl (C=O) groups excluding carboxylic acids is 2. The molecule has 1 N–H and O–H groups in total. The van der Waals surface area contributed by atoms with Gasteiger partial charge in [0.05, 0.1) is 6.61 Å². The molecule has 0 saturated carbocycles. The van der Waals surface area contributed by atoms with E-state index in [0.717, 1.165) is 7.05 Å². The van der Waals surface area contributed by atoms with Gasteiger partial charge in [-0.05, 0) is 48.9 Å². The molecule has 0 fully saturated rings. The minimum Gasteiger partial charge on any atom is -0.508 e. The molecule has 2 aromatic carbocycles. The topological polar surface area (TPSA) is 76.1 Å². The first-order chi connectivity index (χ1) is 13.6. The lowest BCUT2D eigenvalue weighted by Gasteiger charge is -2.27. The first-order valence-corrected chi connectivity index (χ1v) is 8.68. The fourth-order valence-corrected chi connectivity index (χ4v) is 2.53. The molecule has 0 aliphatic carbocycles. The van der Waals surface area contributed by atoms with E-state index < -0.39 is 24.1 Å². The number of phenols is 1. The molecule has 0 aliphatic rings. The summed E-state index contributed by atoms with van der Waals surface area (Å²) >= 11 is 0. The lowest BCUT2D eigenvalue weighted by molar-refractivity contribution is -0.188. The van der Waals surface area contributed by atoms with E-state index in [0.29, 0.717) is 22.0 Å². The number of likely N-dealkylation sites (N-methyl/N-ethyl adjacent to an activating group) is 1. The Bertz CT molecular complexity index is 835. The van der Waals surface area contributed by atoms with E-state index in [4.69, 9.17) is 9.47 Å². The molecule has 1 amide bonds. The number of amides is 1. The molecule has 2 aromatic rings. The highest BCUT2D eigenvalue weighted by atomic mass is 19.4. The summed E-state index contributed by atoms with van der Waals surface area (Å²) < 4.78 is 48.7. The van der Waals surface area contributed by atoms with Crippen LogP contribution in [0.4, 0.5) is 13.2 Å². The van der Waals surface area contributed by atoms with Crippen LogP contribution < -0.4 is 4.74 Å². The normalized spacial score (nSPS) is 12.2. The van der Waals surface area contributed by atoms with Crippen LogP contribution in [0.3, 0.4) is 0 Å². The third kappa shape index (κ3) is 6.13. The van der Waals surface area contributed by atoms with Crippen molar-refractivity contribution in [3.8, 4) is 17.2 Å². The average Bonchev–Trinajstić information content (AvgIpc) is 2.67. The molecule has 0 bridgehead atoms. The maximum atomic E-state index is 12.8. The lowest BCUT2D eigenvalue weighted by Crippen LogP contribution is -2.49. The largest absolute Gasteiger partial charge is 0.508 e. The SMILES string of the molecule is CCOC(=O)[C@H](Cc1ccc(Oc2ccc(O)cc2)cc1)N(C)C(=O)C(F)(F)F. The fraction of sp³-hybridized carbons (Fsp3) is 0.300. The molecule has 156 valence electrons. The lowest BCUT2D eigenvalue weighted by atomic mass is 10.0. The fourth-order valence-electron chi connectivity index (χ4n) is 2.53. The van der Waals surface area contributed by atoms with Gasteiger partial charge in [-0.15, -0.1) is 0 Å². The number of esters is 1. The second-order valence-electron chi connectivity index (χ2n) is 6.13. The van der Waals surface area contributed by atoms with Crippen LogP contribution in [0.25, 0.3) is 0 Å². The summed E-state index contributed by atoms with van der Waals surface area (Å²) in [6.45, 7) is 1.50. The number of hydrogen-bond donors (Lipinski definition) is 1. The van der Waals surface area contributed by atoms with Crippen molar-refractivity contribution in [1.82, 2.24) is 4.90 Å². The highest BCUT2D eigenvalue weighted by molar-refractivity contribution is 5.87. The van der Waals surface area contributed by atoms with E-state index in [2.05, 4.69) is 0 Å². The quantitative estimate of drug-likeness (QED) is 0.704. The Hall–Kier alpha value is -3.23. The Morgan fingerprint density at radius 1 is 1.03 bits per heavy atom. The van der Waals surface area contributed by atoms with Gasteiger partial charge in [0, 0.05) is 13.5 Å². The number of phenolic OH excluding ortho intramolecular Hbond substituents is 1. The molecule has 6 nitrogen and oxygen atoms in total. The van der Waals surface area contributed by atoms with Gasteiger partial charge in [-0.2, -0.15) is 13.2 Å². The number of rotatable bonds is 7. The summed E-state index contributed by atoms with van der Waals surface area (Å²) in [5.74, 6) is -2.02. The zero-order chi connectivity index (χ0) is 21.6. The van der Waals surface area contributed by atoms with Crippen LogP contribution in [0.1, 0.15) is 12.5 Å². The summed E-state index contributed by atoms with van der Waals surface area (Å²) in [4.78, 5) is 24.0. The molecule has 2 rings (SSSR count). The molecule has 29 heavy (non-hydrogen) atoms. The van der Waals surface area contributed by atoms with Crippen LogP contribution in [-0.4, -0.2) is 47.8 Å². The van der Waals surface area contributed by atoms with Gasteiger partial charge < -0.3 is 19.5 Å². The number of carbonyl (C=O) groups is 2. The second kappa shape index (κ2) is 9.31. The maximum absolute atomic E-state index is 12.8. The van der Waals surface area contributed by atoms with E-state index >= 15 is 0 Å². The Labute approximate surface area is 165 Å². The van der Waals surface area contributed by atoms with Gasteiger partial charge in [-0.25, -0.2) is 4.79 Å². The van der Waals surface area contributed by atoms with Crippen molar-refractivity contribution in [2.75, 3.05) is 13.7 Å². The third-order valence-corrected chi connectivity index (χ3v) is 4.01. The zero-order valence-corrected chi connectivity index (χ0v) is 15.8. The Balaban J connectivity index is 2.14. The van der Waals surface area contributed by atoms with Gasteiger partial charge in [0.25, 0.3) is 0 Å². The Morgan fingerprint density at radius 2 is 1.55 bits per heavy atom. The zero-order valence-electron chi connectivity index (χ0n) is 15.8. The summed E-state index contributed by atoms with van der Waals surface area (Å²) in [5, 5.41) is 9.27. The number of halogens is 3. The van der Waals surface area contributed by atoms with Gasteiger partial charge in [0.1, 0.15) is 23.3 Å². The van der Waals surface area contributed by atoms with Crippen LogP contribution in [0.15, 0.2) is 48.5 Å². The van der Waals surface area contributed by atoms with Gasteiger partial charge in [-0.3, -0.25) is 4.79 Å². The molecule has 9 heteroatoms. The highest BCUT2D eigenvalue weighted by Crippen LogP contribution is 2.25. The number of ether oxygens (including phenoxy) is 2. The van der Waals surface area contributed by atoms with Crippen LogP contribution in [-0.2, 0) is 20.7 Å². The smallest absolute Gasteiger partial charge is 0.471 e. The van der Waals surface area contributed by atoms with Crippen molar-refractivity contribution in [3.63, 3.8) is 0 Å². The molecule has 0 radical (unpaired) electrons. The molecular formula is C20H20F3NO5. The predicted molar refractivity (Wildman–Crippen MR) is 97.6 cm³/mol. The molecule has 0 unspecified atom stereocenters. The second-order valence-corrected chi connectivity index (χ2v) is 6.13. The average molecular weight is 411 g/mol. The molecule has 0 saturated heterocycles. The van der Waals surface area contributed by atoms with E-state index in [1.54, 1.807) is 36.4 Å². The minimum atomic E-state index is -5.10. The highest BCUT2D eigenvalue weighted by Gasteiger charge is 2.44. The van der Waals surface area contributed by atoms with Crippen LogP contribution in [0, 0.1) is 0 Å². The van der Waals surface area contributed by atoms with Gasteiger partial charge in [0.2, 0.25) is 0 Å². The van der Waals surface area contributed by atoms with Crippen LogP contribution >= 0.6 is 0 Å². The van der Waals surface area contributed by atoms with Crippen molar-refractivity contribution >= 4 is 11.9 Å². The van der Waals surface area contributed by atoms with Gasteiger partial charge in [0.15, 0.2) is 0 Å². The first kappa shape index (κ1) is 22.1. The van der Waals surface area contributed by atoms with Gasteiger partial charge in [-0.1, -0.05) is 12.1 Å². The number of aromatic hydroxyl groups is 1. The predicted octanol–water partition coefficient (Wildman–Crippen LogP) is 3.68. The monoisotopic (exact) mass is 411 g/mol. The summed E-state index contributed by atoms with van der Waals surface area (Å²) in [7, 11) is 0.916.